The van der Waals surface area contributed by atoms with Gasteiger partial charge in [0.15, 0.2) is 0 Å². The van der Waals surface area contributed by atoms with Crippen LogP contribution in [0.1, 0.15) is 42.7 Å². The summed E-state index contributed by atoms with van der Waals surface area (Å²) in [6.45, 7) is 4.80. The Kier molecular flexibility index (Phi) is 5.77. The number of carbonyl (C=O) groups is 2. The normalized spacial score (nSPS) is 16.8. The summed E-state index contributed by atoms with van der Waals surface area (Å²) in [4.78, 5) is 38.4. The standard InChI is InChI=1S/C17H24N2O5/c1-11(2)7-13-8-12(9-14(20)19-13)15(21)18-10-17(16(22)23)3-5-24-6-4-17/h8-9,11H,3-7,10H2,1-2H3,(H,18,21)(H,19,20)(H,22,23). The van der Waals surface area contributed by atoms with E-state index in [2.05, 4.69) is 10.3 Å². The van der Waals surface area contributed by atoms with Crippen molar-refractivity contribution in [1.29, 1.82) is 0 Å². The van der Waals surface area contributed by atoms with Crippen molar-refractivity contribution >= 4 is 11.9 Å². The van der Waals surface area contributed by atoms with Gasteiger partial charge in [-0.25, -0.2) is 0 Å². The van der Waals surface area contributed by atoms with Crippen molar-refractivity contribution in [3.05, 3.63) is 33.7 Å². The maximum absolute atomic E-state index is 12.4. The van der Waals surface area contributed by atoms with Crippen molar-refractivity contribution < 1.29 is 19.4 Å². The number of nitrogens with one attached hydrogen (secondary N) is 2. The predicted molar refractivity (Wildman–Crippen MR) is 88.1 cm³/mol. The van der Waals surface area contributed by atoms with Crippen LogP contribution in [0.25, 0.3) is 0 Å². The Hall–Kier alpha value is -2.15. The third-order valence-corrected chi connectivity index (χ3v) is 4.28. The fourth-order valence-corrected chi connectivity index (χ4v) is 2.86. The minimum atomic E-state index is -1.00. The molecule has 1 aliphatic heterocycles. The molecule has 0 radical (unpaired) electrons. The van der Waals surface area contributed by atoms with E-state index in [9.17, 15) is 19.5 Å². The first-order valence-electron chi connectivity index (χ1n) is 8.15. The van der Waals surface area contributed by atoms with E-state index in [1.807, 2.05) is 13.8 Å². The van der Waals surface area contributed by atoms with Gasteiger partial charge in [0, 0.05) is 37.1 Å². The summed E-state index contributed by atoms with van der Waals surface area (Å²) in [5, 5.41) is 12.2. The molecule has 0 saturated carbocycles. The van der Waals surface area contributed by atoms with Crippen LogP contribution in [-0.4, -0.2) is 41.7 Å². The first kappa shape index (κ1) is 18.2. The Balaban J connectivity index is 2.10. The SMILES string of the molecule is CC(C)Cc1cc(C(=O)NCC2(C(=O)O)CCOCC2)cc(=O)[nH]1. The molecule has 2 heterocycles. The van der Waals surface area contributed by atoms with Crippen LogP contribution in [0.5, 0.6) is 0 Å². The van der Waals surface area contributed by atoms with E-state index in [0.29, 0.717) is 44.1 Å². The van der Waals surface area contributed by atoms with Crippen molar-refractivity contribution in [3.8, 4) is 0 Å². The van der Waals surface area contributed by atoms with Gasteiger partial charge in [-0.2, -0.15) is 0 Å². The second-order valence-electron chi connectivity index (χ2n) is 6.74. The molecular formula is C17H24N2O5. The molecule has 0 bridgehead atoms. The molecule has 0 unspecified atom stereocenters. The highest BCUT2D eigenvalue weighted by Gasteiger charge is 2.40. The molecule has 1 fully saturated rings. The van der Waals surface area contributed by atoms with Crippen LogP contribution in [0.2, 0.25) is 0 Å². The lowest BCUT2D eigenvalue weighted by Gasteiger charge is -2.33. The van der Waals surface area contributed by atoms with E-state index >= 15 is 0 Å². The van der Waals surface area contributed by atoms with Gasteiger partial charge >= 0.3 is 5.97 Å². The number of aliphatic carboxylic acids is 1. The van der Waals surface area contributed by atoms with Gasteiger partial charge in [-0.3, -0.25) is 14.4 Å². The fraction of sp³-hybridized carbons (Fsp3) is 0.588. The van der Waals surface area contributed by atoms with Gasteiger partial charge in [0.1, 0.15) is 0 Å². The smallest absolute Gasteiger partial charge is 0.311 e. The number of carboxylic acids is 1. The van der Waals surface area contributed by atoms with E-state index in [0.717, 1.165) is 0 Å². The number of H-pyrrole nitrogens is 1. The van der Waals surface area contributed by atoms with E-state index in [1.165, 1.54) is 6.07 Å². The lowest BCUT2D eigenvalue weighted by atomic mass is 9.80. The molecule has 132 valence electrons. The Morgan fingerprint density at radius 3 is 2.58 bits per heavy atom. The number of amides is 1. The zero-order valence-corrected chi connectivity index (χ0v) is 14.1. The third kappa shape index (κ3) is 4.44. The number of hydrogen-bond donors (Lipinski definition) is 3. The summed E-state index contributed by atoms with van der Waals surface area (Å²) < 4.78 is 5.21. The Morgan fingerprint density at radius 2 is 2.00 bits per heavy atom. The minimum Gasteiger partial charge on any atom is -0.481 e. The number of ether oxygens (including phenoxy) is 1. The number of carbonyl (C=O) groups excluding carboxylic acids is 1. The van der Waals surface area contributed by atoms with Gasteiger partial charge in [-0.05, 0) is 31.2 Å². The Morgan fingerprint density at radius 1 is 1.33 bits per heavy atom. The molecule has 3 N–H and O–H groups in total. The lowest BCUT2D eigenvalue weighted by Crippen LogP contribution is -2.46. The highest BCUT2D eigenvalue weighted by Crippen LogP contribution is 2.30. The predicted octanol–water partition coefficient (Wildman–Crippen LogP) is 1.18. The Bertz CT molecular complexity index is 659. The zero-order chi connectivity index (χ0) is 17.7. The number of pyridine rings is 1. The van der Waals surface area contributed by atoms with Gasteiger partial charge in [-0.15, -0.1) is 0 Å². The summed E-state index contributed by atoms with van der Waals surface area (Å²) in [7, 11) is 0. The van der Waals surface area contributed by atoms with Crippen LogP contribution in [0, 0.1) is 11.3 Å². The molecule has 1 aromatic heterocycles. The average Bonchev–Trinajstić information content (AvgIpc) is 2.52. The van der Waals surface area contributed by atoms with Gasteiger partial charge in [-0.1, -0.05) is 13.8 Å². The van der Waals surface area contributed by atoms with Crippen molar-refractivity contribution in [2.75, 3.05) is 19.8 Å². The van der Waals surface area contributed by atoms with Crippen LogP contribution in [-0.2, 0) is 16.0 Å². The zero-order valence-electron chi connectivity index (χ0n) is 14.1. The van der Waals surface area contributed by atoms with Crippen molar-refractivity contribution in [2.45, 2.75) is 33.1 Å². The second kappa shape index (κ2) is 7.61. The quantitative estimate of drug-likeness (QED) is 0.723. The molecule has 24 heavy (non-hydrogen) atoms. The van der Waals surface area contributed by atoms with Gasteiger partial charge in [0.25, 0.3) is 5.91 Å². The summed E-state index contributed by atoms with van der Waals surface area (Å²) in [6.07, 6.45) is 1.37. The van der Waals surface area contributed by atoms with Crippen LogP contribution in [0.15, 0.2) is 16.9 Å². The number of rotatable bonds is 6. The van der Waals surface area contributed by atoms with Crippen LogP contribution >= 0.6 is 0 Å². The number of hydrogen-bond acceptors (Lipinski definition) is 4. The molecule has 0 aliphatic carbocycles. The number of aromatic amines is 1. The molecule has 7 heteroatoms. The first-order chi connectivity index (χ1) is 11.3. The molecule has 1 aliphatic rings. The van der Waals surface area contributed by atoms with Crippen LogP contribution in [0.3, 0.4) is 0 Å². The topological polar surface area (TPSA) is 108 Å². The maximum Gasteiger partial charge on any atom is 0.311 e. The van der Waals surface area contributed by atoms with E-state index in [4.69, 9.17) is 4.74 Å². The van der Waals surface area contributed by atoms with Crippen molar-refractivity contribution in [3.63, 3.8) is 0 Å². The number of aromatic nitrogens is 1. The third-order valence-electron chi connectivity index (χ3n) is 4.28. The molecule has 0 atom stereocenters. The molecule has 0 aromatic carbocycles. The summed E-state index contributed by atoms with van der Waals surface area (Å²) in [5.74, 6) is -1.02. The maximum atomic E-state index is 12.4. The average molecular weight is 336 g/mol. The molecule has 7 nitrogen and oxygen atoms in total. The second-order valence-corrected chi connectivity index (χ2v) is 6.74. The van der Waals surface area contributed by atoms with Crippen LogP contribution < -0.4 is 10.9 Å². The minimum absolute atomic E-state index is 0.0246. The molecule has 0 spiro atoms. The Labute approximate surface area is 140 Å². The van der Waals surface area contributed by atoms with Crippen molar-refractivity contribution in [1.82, 2.24) is 10.3 Å². The number of carboxylic acid groups (broad SMARTS) is 1. The summed E-state index contributed by atoms with van der Waals surface area (Å²) >= 11 is 0. The summed E-state index contributed by atoms with van der Waals surface area (Å²) in [6, 6.07) is 2.88. The van der Waals surface area contributed by atoms with Gasteiger partial charge in [0.05, 0.1) is 5.41 Å². The molecule has 1 aromatic rings. The van der Waals surface area contributed by atoms with Gasteiger partial charge in [0.2, 0.25) is 5.56 Å². The highest BCUT2D eigenvalue weighted by molar-refractivity contribution is 5.94. The van der Waals surface area contributed by atoms with E-state index in [-0.39, 0.29) is 17.7 Å². The lowest BCUT2D eigenvalue weighted by molar-refractivity contribution is -0.154. The largest absolute Gasteiger partial charge is 0.481 e. The monoisotopic (exact) mass is 336 g/mol. The molecular weight excluding hydrogens is 312 g/mol. The van der Waals surface area contributed by atoms with Crippen molar-refractivity contribution in [2.24, 2.45) is 11.3 Å². The molecule has 1 amide bonds. The van der Waals surface area contributed by atoms with E-state index < -0.39 is 17.3 Å². The van der Waals surface area contributed by atoms with Gasteiger partial charge < -0.3 is 20.1 Å². The molecule has 2 rings (SSSR count). The first-order valence-corrected chi connectivity index (χ1v) is 8.15. The molecule has 1 saturated heterocycles. The van der Waals surface area contributed by atoms with Crippen LogP contribution in [0.4, 0.5) is 0 Å². The highest BCUT2D eigenvalue weighted by atomic mass is 16.5. The fourth-order valence-electron chi connectivity index (χ4n) is 2.86. The van der Waals surface area contributed by atoms with E-state index in [1.54, 1.807) is 6.07 Å². The summed E-state index contributed by atoms with van der Waals surface area (Å²) in [5.41, 5.74) is -0.392.